The summed E-state index contributed by atoms with van der Waals surface area (Å²) in [5.41, 5.74) is -1.05. The molecule has 0 unspecified atom stereocenters. The molecule has 0 spiro atoms. The van der Waals surface area contributed by atoms with Gasteiger partial charge in [-0.15, -0.1) is 0 Å². The van der Waals surface area contributed by atoms with Crippen LogP contribution in [0.15, 0.2) is 15.8 Å². The molecule has 1 aromatic rings. The van der Waals surface area contributed by atoms with Gasteiger partial charge in [0.25, 0.3) is 11.6 Å². The number of aliphatic hydroxyl groups is 1. The Balaban J connectivity index is 2.49. The summed E-state index contributed by atoms with van der Waals surface area (Å²) in [6.07, 6.45) is -2.00. The number of aromatic amines is 1. The monoisotopic (exact) mass is 315 g/mol. The molecule has 10 nitrogen and oxygen atoms in total. The zero-order valence-electron chi connectivity index (χ0n) is 12.1. The van der Waals surface area contributed by atoms with Crippen molar-refractivity contribution < 1.29 is 19.5 Å². The fraction of sp³-hybridized carbons (Fsp3) is 0.667. The third-order valence-corrected chi connectivity index (χ3v) is 3.52. The van der Waals surface area contributed by atoms with Crippen LogP contribution < -0.4 is 11.2 Å². The number of hydrogen-bond acceptors (Lipinski definition) is 7. The van der Waals surface area contributed by atoms with E-state index in [1.54, 1.807) is 6.92 Å². The molecule has 0 saturated carbocycles. The molecule has 1 aromatic heterocycles. The third kappa shape index (κ3) is 2.80. The quantitative estimate of drug-likeness (QED) is 0.513. The van der Waals surface area contributed by atoms with Crippen molar-refractivity contribution in [3.05, 3.63) is 42.7 Å². The summed E-state index contributed by atoms with van der Waals surface area (Å²) in [4.78, 5) is 36.1. The van der Waals surface area contributed by atoms with Crippen molar-refractivity contribution in [3.8, 4) is 0 Å². The number of nitro groups is 1. The molecule has 1 fully saturated rings. The van der Waals surface area contributed by atoms with E-state index in [0.29, 0.717) is 0 Å². The lowest BCUT2D eigenvalue weighted by atomic mass is 10.1. The number of ether oxygens (including phenoxy) is 2. The molecule has 2 rings (SSSR count). The maximum Gasteiger partial charge on any atom is 0.330 e. The highest BCUT2D eigenvalue weighted by Crippen LogP contribution is 2.32. The normalized spacial score (nSPS) is 28.0. The standard InChI is InChI=1S/C12H17N3O7/c1-3-21-9-8(15(19)20)7(5-16)22-11(9)14-4-6(2)10(17)13-12(14)18/h4,7-9,11,16H,3,5H2,1-2H3,(H,13,17,18)/t7-,8-,9-,11-/m1/s1. The fourth-order valence-electron chi connectivity index (χ4n) is 2.50. The second kappa shape index (κ2) is 6.38. The summed E-state index contributed by atoms with van der Waals surface area (Å²) in [5.74, 6) is 0. The van der Waals surface area contributed by atoms with E-state index < -0.39 is 47.3 Å². The highest BCUT2D eigenvalue weighted by Gasteiger charge is 2.54. The first-order valence-electron chi connectivity index (χ1n) is 6.74. The van der Waals surface area contributed by atoms with E-state index in [1.807, 2.05) is 0 Å². The van der Waals surface area contributed by atoms with Crippen molar-refractivity contribution >= 4 is 0 Å². The minimum Gasteiger partial charge on any atom is -0.393 e. The summed E-state index contributed by atoms with van der Waals surface area (Å²) in [7, 11) is 0. The van der Waals surface area contributed by atoms with Crippen LogP contribution in [-0.4, -0.2) is 51.0 Å². The van der Waals surface area contributed by atoms with E-state index in [1.165, 1.54) is 13.1 Å². The number of rotatable bonds is 5. The minimum absolute atomic E-state index is 0.171. The van der Waals surface area contributed by atoms with E-state index >= 15 is 0 Å². The number of nitrogens with one attached hydrogen (secondary N) is 1. The van der Waals surface area contributed by atoms with Gasteiger partial charge in [0.15, 0.2) is 18.4 Å². The Morgan fingerprint density at radius 3 is 2.77 bits per heavy atom. The van der Waals surface area contributed by atoms with Crippen molar-refractivity contribution in [2.24, 2.45) is 0 Å². The van der Waals surface area contributed by atoms with Crippen LogP contribution in [0.2, 0.25) is 0 Å². The predicted molar refractivity (Wildman–Crippen MR) is 73.3 cm³/mol. The zero-order chi connectivity index (χ0) is 16.4. The first kappa shape index (κ1) is 16.3. The van der Waals surface area contributed by atoms with Crippen LogP contribution in [0.25, 0.3) is 0 Å². The lowest BCUT2D eigenvalue weighted by molar-refractivity contribution is -0.537. The maximum atomic E-state index is 11.9. The summed E-state index contributed by atoms with van der Waals surface area (Å²) >= 11 is 0. The molecule has 122 valence electrons. The number of aryl methyl sites for hydroxylation is 1. The van der Waals surface area contributed by atoms with E-state index in [9.17, 15) is 24.8 Å². The fourth-order valence-corrected chi connectivity index (χ4v) is 2.50. The van der Waals surface area contributed by atoms with Gasteiger partial charge in [-0.3, -0.25) is 24.5 Å². The van der Waals surface area contributed by atoms with Gasteiger partial charge in [-0.05, 0) is 13.8 Å². The summed E-state index contributed by atoms with van der Waals surface area (Å²) in [6, 6.07) is -1.31. The molecule has 22 heavy (non-hydrogen) atoms. The van der Waals surface area contributed by atoms with Crippen molar-refractivity contribution in [3.63, 3.8) is 0 Å². The SMILES string of the molecule is CCO[C@@H]1[C@H]([N+](=O)[O-])[C@@H](CO)O[C@H]1n1cc(C)c(=O)[nH]c1=O. The molecule has 1 aliphatic rings. The van der Waals surface area contributed by atoms with Gasteiger partial charge < -0.3 is 14.6 Å². The molecule has 1 saturated heterocycles. The molecule has 1 aliphatic heterocycles. The van der Waals surface area contributed by atoms with Gasteiger partial charge in [0.1, 0.15) is 0 Å². The van der Waals surface area contributed by atoms with Crippen molar-refractivity contribution in [2.45, 2.75) is 38.3 Å². The van der Waals surface area contributed by atoms with Crippen molar-refractivity contribution in [2.75, 3.05) is 13.2 Å². The van der Waals surface area contributed by atoms with Crippen molar-refractivity contribution in [1.82, 2.24) is 9.55 Å². The van der Waals surface area contributed by atoms with Gasteiger partial charge in [-0.1, -0.05) is 0 Å². The minimum atomic E-state index is -1.31. The van der Waals surface area contributed by atoms with Crippen LogP contribution in [0, 0.1) is 17.0 Å². The molecule has 4 atom stereocenters. The Bertz CT molecular complexity index is 667. The second-order valence-corrected chi connectivity index (χ2v) is 4.92. The Kier molecular flexibility index (Phi) is 4.74. The van der Waals surface area contributed by atoms with Crippen LogP contribution in [0.3, 0.4) is 0 Å². The highest BCUT2D eigenvalue weighted by atomic mass is 16.7. The first-order chi connectivity index (χ1) is 10.4. The van der Waals surface area contributed by atoms with Gasteiger partial charge in [-0.25, -0.2) is 4.79 Å². The lowest BCUT2D eigenvalue weighted by Crippen LogP contribution is -2.43. The Morgan fingerprint density at radius 1 is 1.55 bits per heavy atom. The van der Waals surface area contributed by atoms with Crippen LogP contribution in [-0.2, 0) is 9.47 Å². The topological polar surface area (TPSA) is 137 Å². The van der Waals surface area contributed by atoms with Gasteiger partial charge in [0.05, 0.1) is 6.61 Å². The highest BCUT2D eigenvalue weighted by molar-refractivity contribution is 5.03. The molecular weight excluding hydrogens is 298 g/mol. The average molecular weight is 315 g/mol. The number of aliphatic hydroxyl groups excluding tert-OH is 1. The Morgan fingerprint density at radius 2 is 2.23 bits per heavy atom. The lowest BCUT2D eigenvalue weighted by Gasteiger charge is -2.20. The first-order valence-corrected chi connectivity index (χ1v) is 6.74. The molecule has 0 aliphatic carbocycles. The molecule has 0 radical (unpaired) electrons. The Labute approximate surface area is 124 Å². The number of aromatic nitrogens is 2. The summed E-state index contributed by atoms with van der Waals surface area (Å²) < 4.78 is 11.9. The van der Waals surface area contributed by atoms with E-state index in [4.69, 9.17) is 9.47 Å². The van der Waals surface area contributed by atoms with Crippen LogP contribution in [0.4, 0.5) is 0 Å². The summed E-state index contributed by atoms with van der Waals surface area (Å²) in [6.45, 7) is 2.74. The van der Waals surface area contributed by atoms with Crippen LogP contribution >= 0.6 is 0 Å². The molecular formula is C12H17N3O7. The molecule has 2 N–H and O–H groups in total. The van der Waals surface area contributed by atoms with Gasteiger partial charge >= 0.3 is 5.69 Å². The summed E-state index contributed by atoms with van der Waals surface area (Å²) in [5, 5.41) is 20.5. The molecule has 2 heterocycles. The molecule has 0 amide bonds. The van der Waals surface area contributed by atoms with E-state index in [-0.39, 0.29) is 12.2 Å². The van der Waals surface area contributed by atoms with Gasteiger partial charge in [0.2, 0.25) is 0 Å². The van der Waals surface area contributed by atoms with Crippen LogP contribution in [0.1, 0.15) is 18.7 Å². The van der Waals surface area contributed by atoms with Gasteiger partial charge in [-0.2, -0.15) is 0 Å². The second-order valence-electron chi connectivity index (χ2n) is 4.92. The van der Waals surface area contributed by atoms with E-state index in [0.717, 1.165) is 4.57 Å². The molecule has 0 bridgehead atoms. The largest absolute Gasteiger partial charge is 0.393 e. The van der Waals surface area contributed by atoms with Crippen molar-refractivity contribution in [1.29, 1.82) is 0 Å². The number of H-pyrrole nitrogens is 1. The molecule has 10 heteroatoms. The zero-order valence-corrected chi connectivity index (χ0v) is 12.1. The maximum absolute atomic E-state index is 11.9. The average Bonchev–Trinajstić information content (AvgIpc) is 2.82. The smallest absolute Gasteiger partial charge is 0.330 e. The Hall–Kier alpha value is -2.04. The molecule has 0 aromatic carbocycles. The van der Waals surface area contributed by atoms with Crippen LogP contribution in [0.5, 0.6) is 0 Å². The predicted octanol–water partition coefficient (Wildman–Crippen LogP) is -1.21. The number of nitrogens with zero attached hydrogens (tertiary/aromatic N) is 2. The third-order valence-electron chi connectivity index (χ3n) is 3.52. The number of hydrogen-bond donors (Lipinski definition) is 2. The van der Waals surface area contributed by atoms with Gasteiger partial charge in [0, 0.05) is 23.3 Å². The van der Waals surface area contributed by atoms with E-state index in [2.05, 4.69) is 4.98 Å².